The minimum absolute atomic E-state index is 0.128. The minimum atomic E-state index is -4.73. The number of aliphatic hydroxyl groups is 1. The number of rotatable bonds is 36. The lowest BCUT2D eigenvalue weighted by Crippen LogP contribution is -2.34. The van der Waals surface area contributed by atoms with E-state index in [0.29, 0.717) is 25.7 Å². The zero-order chi connectivity index (χ0) is 40.1. The molecule has 0 aliphatic rings. The summed E-state index contributed by atoms with van der Waals surface area (Å²) in [7, 11) is -4.73. The highest BCUT2D eigenvalue weighted by Crippen LogP contribution is 2.43. The summed E-state index contributed by atoms with van der Waals surface area (Å²) in [4.78, 5) is 45.8. The van der Waals surface area contributed by atoms with E-state index in [4.69, 9.17) is 24.8 Å². The Bertz CT molecular complexity index is 1170. The van der Waals surface area contributed by atoms with Crippen LogP contribution in [0.5, 0.6) is 0 Å². The number of carboxylic acids is 1. The van der Waals surface area contributed by atoms with Gasteiger partial charge < -0.3 is 30.3 Å². The second-order valence-electron chi connectivity index (χ2n) is 13.2. The Labute approximate surface area is 324 Å². The van der Waals surface area contributed by atoms with Crippen molar-refractivity contribution in [3.8, 4) is 0 Å². The van der Waals surface area contributed by atoms with Gasteiger partial charge in [-0.25, -0.2) is 4.57 Å². The third-order valence-corrected chi connectivity index (χ3v) is 9.14. The maximum atomic E-state index is 12.6. The molecule has 0 bridgehead atoms. The van der Waals surface area contributed by atoms with Crippen molar-refractivity contribution >= 4 is 25.7 Å². The number of phosphoric ester groups is 1. The van der Waals surface area contributed by atoms with Crippen LogP contribution in [0.2, 0.25) is 0 Å². The second-order valence-corrected chi connectivity index (χ2v) is 14.7. The SMILES string of the molecule is CCCCCCCCCCCCCCC(=O)O[C@H](COC(=O)CCC/C=C\C/C=C\C/C=C\C/C=C\C=C\[C@@H](O)CC)COP(=O)(O)OC[C@H](N)C(=O)O. The molecule has 0 aromatic carbocycles. The first-order valence-corrected chi connectivity index (χ1v) is 21.4. The van der Waals surface area contributed by atoms with E-state index < -0.39 is 57.2 Å². The van der Waals surface area contributed by atoms with Crippen LogP contribution >= 0.6 is 7.82 Å². The molecule has 0 saturated heterocycles. The van der Waals surface area contributed by atoms with Gasteiger partial charge in [-0.1, -0.05) is 145 Å². The van der Waals surface area contributed by atoms with Crippen molar-refractivity contribution < 1.29 is 52.6 Å². The fraction of sp³-hybridized carbons (Fsp3) is 0.683. The van der Waals surface area contributed by atoms with Crippen LogP contribution in [0.4, 0.5) is 0 Å². The van der Waals surface area contributed by atoms with Gasteiger partial charge in [0.2, 0.25) is 0 Å². The lowest BCUT2D eigenvalue weighted by Gasteiger charge is -2.20. The molecular weight excluding hydrogens is 713 g/mol. The van der Waals surface area contributed by atoms with E-state index >= 15 is 0 Å². The van der Waals surface area contributed by atoms with Crippen molar-refractivity contribution in [1.82, 2.24) is 0 Å². The molecule has 0 aliphatic heterocycles. The summed E-state index contributed by atoms with van der Waals surface area (Å²) in [6.07, 6.45) is 36.8. The number of aliphatic hydroxyl groups excluding tert-OH is 1. The maximum Gasteiger partial charge on any atom is 0.472 e. The van der Waals surface area contributed by atoms with Crippen molar-refractivity contribution in [2.75, 3.05) is 19.8 Å². The first-order valence-electron chi connectivity index (χ1n) is 19.9. The molecule has 0 amide bonds. The van der Waals surface area contributed by atoms with E-state index in [1.165, 1.54) is 51.4 Å². The Morgan fingerprint density at radius 1 is 0.667 bits per heavy atom. The monoisotopic (exact) mass is 783 g/mol. The Hall–Kier alpha value is -2.86. The molecule has 0 spiro atoms. The summed E-state index contributed by atoms with van der Waals surface area (Å²) in [6.45, 7) is 2.38. The van der Waals surface area contributed by atoms with Crippen LogP contribution in [0.1, 0.15) is 142 Å². The molecule has 310 valence electrons. The number of nitrogens with two attached hydrogens (primary N) is 1. The highest BCUT2D eigenvalue weighted by Gasteiger charge is 2.28. The third-order valence-electron chi connectivity index (χ3n) is 8.19. The summed E-state index contributed by atoms with van der Waals surface area (Å²) < 4.78 is 32.5. The molecule has 4 atom stereocenters. The van der Waals surface area contributed by atoms with Gasteiger partial charge >= 0.3 is 25.7 Å². The summed E-state index contributed by atoms with van der Waals surface area (Å²) >= 11 is 0. The zero-order valence-electron chi connectivity index (χ0n) is 32.9. The van der Waals surface area contributed by atoms with Crippen molar-refractivity contribution in [2.24, 2.45) is 5.73 Å². The molecule has 0 saturated carbocycles. The van der Waals surface area contributed by atoms with Gasteiger partial charge in [-0.15, -0.1) is 0 Å². The second kappa shape index (κ2) is 35.8. The quantitative estimate of drug-likeness (QED) is 0.0155. The molecule has 54 heavy (non-hydrogen) atoms. The van der Waals surface area contributed by atoms with Gasteiger partial charge in [0, 0.05) is 12.8 Å². The van der Waals surface area contributed by atoms with Crippen LogP contribution < -0.4 is 5.73 Å². The Morgan fingerprint density at radius 2 is 1.19 bits per heavy atom. The number of aliphatic carboxylic acids is 1. The Kier molecular flexibility index (Phi) is 33.9. The topological polar surface area (TPSA) is 192 Å². The van der Waals surface area contributed by atoms with E-state index in [2.05, 4.69) is 35.8 Å². The van der Waals surface area contributed by atoms with Gasteiger partial charge in [0.25, 0.3) is 0 Å². The number of phosphoric acid groups is 1. The average molecular weight is 784 g/mol. The summed E-state index contributed by atoms with van der Waals surface area (Å²) in [5.74, 6) is -2.48. The van der Waals surface area contributed by atoms with Gasteiger partial charge in [0.1, 0.15) is 12.6 Å². The number of carbonyl (C=O) groups is 3. The van der Waals surface area contributed by atoms with Gasteiger partial charge in [0.15, 0.2) is 6.10 Å². The van der Waals surface area contributed by atoms with Gasteiger partial charge in [-0.3, -0.25) is 23.4 Å². The lowest BCUT2D eigenvalue weighted by molar-refractivity contribution is -0.161. The maximum absolute atomic E-state index is 12.6. The molecule has 5 N–H and O–H groups in total. The predicted octanol–water partition coefficient (Wildman–Crippen LogP) is 8.97. The number of ether oxygens (including phenoxy) is 2. The number of hydrogen-bond acceptors (Lipinski definition) is 10. The molecular formula is C41H70NO11P. The Balaban J connectivity index is 4.52. The summed E-state index contributed by atoms with van der Waals surface area (Å²) in [5, 5.41) is 18.3. The minimum Gasteiger partial charge on any atom is -0.480 e. The number of unbranched alkanes of at least 4 members (excludes halogenated alkanes) is 12. The number of esters is 2. The smallest absolute Gasteiger partial charge is 0.472 e. The lowest BCUT2D eigenvalue weighted by atomic mass is 10.0. The average Bonchev–Trinajstić information content (AvgIpc) is 3.14. The van der Waals surface area contributed by atoms with Crippen LogP contribution in [-0.4, -0.2) is 71.1 Å². The van der Waals surface area contributed by atoms with E-state index in [1.807, 2.05) is 37.3 Å². The third kappa shape index (κ3) is 34.9. The van der Waals surface area contributed by atoms with Crippen LogP contribution in [-0.2, 0) is 37.5 Å². The van der Waals surface area contributed by atoms with Crippen molar-refractivity contribution in [3.05, 3.63) is 60.8 Å². The molecule has 1 unspecified atom stereocenters. The largest absolute Gasteiger partial charge is 0.480 e. The van der Waals surface area contributed by atoms with Crippen molar-refractivity contribution in [1.29, 1.82) is 0 Å². The fourth-order valence-electron chi connectivity index (χ4n) is 4.87. The number of carbonyl (C=O) groups excluding carboxylic acids is 2. The van der Waals surface area contributed by atoms with Crippen LogP contribution in [0.25, 0.3) is 0 Å². The molecule has 0 rings (SSSR count). The van der Waals surface area contributed by atoms with E-state index in [-0.39, 0.29) is 19.4 Å². The van der Waals surface area contributed by atoms with E-state index in [0.717, 1.165) is 38.5 Å². The summed E-state index contributed by atoms with van der Waals surface area (Å²) in [5.41, 5.74) is 5.31. The fourth-order valence-corrected chi connectivity index (χ4v) is 5.65. The number of carboxylic acid groups (broad SMARTS) is 1. The van der Waals surface area contributed by atoms with Crippen LogP contribution in [0, 0.1) is 0 Å². The van der Waals surface area contributed by atoms with Gasteiger partial charge in [0.05, 0.1) is 19.3 Å². The standard InChI is InChI=1S/C41H70NO11P/c1-3-5-6-7-8-9-10-16-20-23-26-29-32-40(45)53-37(34-51-54(48,49)52-35-38(42)41(46)47)33-50-39(44)31-28-25-22-19-17-14-12-11-13-15-18-21-24-27-30-36(43)4-2/h12-15,19,21-22,24,27,30,36-38,43H,3-11,16-18,20,23,25-26,28-29,31-35,42H2,1-2H3,(H,46,47)(H,48,49)/b14-12-,15-13-,22-19-,24-21-,30-27+/t36-,37+,38-/m0/s1. The molecule has 0 aromatic rings. The molecule has 13 heteroatoms. The normalized spacial score (nSPS) is 15.1. The molecule has 0 aliphatic carbocycles. The molecule has 0 aromatic heterocycles. The van der Waals surface area contributed by atoms with Crippen LogP contribution in [0.3, 0.4) is 0 Å². The highest BCUT2D eigenvalue weighted by atomic mass is 31.2. The summed E-state index contributed by atoms with van der Waals surface area (Å²) in [6, 6.07) is -1.53. The number of hydrogen-bond donors (Lipinski definition) is 4. The molecule has 0 fully saturated rings. The molecule has 0 radical (unpaired) electrons. The molecule has 12 nitrogen and oxygen atoms in total. The van der Waals surface area contributed by atoms with Gasteiger partial charge in [-0.2, -0.15) is 0 Å². The van der Waals surface area contributed by atoms with E-state index in [1.54, 1.807) is 6.08 Å². The van der Waals surface area contributed by atoms with Gasteiger partial charge in [-0.05, 0) is 44.9 Å². The first-order chi connectivity index (χ1) is 26.0. The first kappa shape index (κ1) is 51.1. The zero-order valence-corrected chi connectivity index (χ0v) is 33.8. The van der Waals surface area contributed by atoms with Crippen LogP contribution in [0.15, 0.2) is 60.8 Å². The highest BCUT2D eigenvalue weighted by molar-refractivity contribution is 7.47. The predicted molar refractivity (Wildman–Crippen MR) is 214 cm³/mol. The number of allylic oxidation sites excluding steroid dienone is 9. The Morgan fingerprint density at radius 3 is 1.76 bits per heavy atom. The van der Waals surface area contributed by atoms with E-state index in [9.17, 15) is 28.9 Å². The van der Waals surface area contributed by atoms with Crippen molar-refractivity contribution in [2.45, 2.75) is 161 Å². The molecule has 0 heterocycles. The van der Waals surface area contributed by atoms with Crippen molar-refractivity contribution in [3.63, 3.8) is 0 Å².